The number of rotatable bonds is 5. The molecule has 5 nitrogen and oxygen atoms in total. The van der Waals surface area contributed by atoms with Crippen molar-refractivity contribution in [2.45, 2.75) is 26.5 Å². The molecule has 1 aromatic heterocycles. The Morgan fingerprint density at radius 1 is 1.26 bits per heavy atom. The number of nitrogens with one attached hydrogen (secondary N) is 1. The molecule has 6 heteroatoms. The molecule has 122 valence electrons. The average molecular weight is 334 g/mol. The van der Waals surface area contributed by atoms with Gasteiger partial charge in [0, 0.05) is 25.0 Å². The highest BCUT2D eigenvalue weighted by Gasteiger charge is 2.11. The summed E-state index contributed by atoms with van der Waals surface area (Å²) in [5.41, 5.74) is 1.59. The number of hydrogen-bond acceptors (Lipinski definition) is 3. The highest BCUT2D eigenvalue weighted by molar-refractivity contribution is 6.30. The van der Waals surface area contributed by atoms with E-state index in [2.05, 4.69) is 10.3 Å². The molecule has 0 radical (unpaired) electrons. The number of ether oxygens (including phenoxy) is 1. The van der Waals surface area contributed by atoms with Gasteiger partial charge in [-0.25, -0.2) is 4.79 Å². The lowest BCUT2D eigenvalue weighted by Crippen LogP contribution is -2.40. The Hall–Kier alpha value is -2.27. The van der Waals surface area contributed by atoms with Crippen molar-refractivity contribution in [3.63, 3.8) is 0 Å². The second kappa shape index (κ2) is 7.83. The molecule has 1 heterocycles. The third-order valence-corrected chi connectivity index (χ3v) is 3.34. The summed E-state index contributed by atoms with van der Waals surface area (Å²) in [6.07, 6.45) is 1.59. The molecule has 0 atom stereocenters. The lowest BCUT2D eigenvalue weighted by Gasteiger charge is -2.20. The molecule has 23 heavy (non-hydrogen) atoms. The molecule has 2 rings (SSSR count). The smallest absolute Gasteiger partial charge is 0.321 e. The molecule has 0 bridgehead atoms. The van der Waals surface area contributed by atoms with E-state index in [1.807, 2.05) is 44.2 Å². The van der Waals surface area contributed by atoms with Crippen molar-refractivity contribution in [1.29, 1.82) is 0 Å². The van der Waals surface area contributed by atoms with Crippen LogP contribution in [0.25, 0.3) is 0 Å². The van der Waals surface area contributed by atoms with Crippen LogP contribution in [0.4, 0.5) is 10.5 Å². The standard InChI is InChI=1S/C17H20ClN3O2/c1-12(2)20-17(22)21(3)15-6-8-16(9-7-15)23-11-14-5-4-13(18)10-19-14/h4-10,12H,11H2,1-3H3,(H,20,22). The third-order valence-electron chi connectivity index (χ3n) is 3.12. The molecule has 0 saturated heterocycles. The largest absolute Gasteiger partial charge is 0.487 e. The van der Waals surface area contributed by atoms with Crippen molar-refractivity contribution in [1.82, 2.24) is 10.3 Å². The number of anilines is 1. The fourth-order valence-electron chi connectivity index (χ4n) is 1.88. The van der Waals surface area contributed by atoms with Gasteiger partial charge in [0.25, 0.3) is 0 Å². The number of halogens is 1. The number of benzene rings is 1. The summed E-state index contributed by atoms with van der Waals surface area (Å²) in [4.78, 5) is 17.7. The molecule has 0 aliphatic carbocycles. The molecule has 0 fully saturated rings. The molecule has 1 N–H and O–H groups in total. The Balaban J connectivity index is 1.93. The van der Waals surface area contributed by atoms with Crippen LogP contribution >= 0.6 is 11.6 Å². The van der Waals surface area contributed by atoms with Gasteiger partial charge in [-0.2, -0.15) is 0 Å². The van der Waals surface area contributed by atoms with Crippen LogP contribution in [0.3, 0.4) is 0 Å². The summed E-state index contributed by atoms with van der Waals surface area (Å²) in [6, 6.07) is 10.9. The van der Waals surface area contributed by atoms with Crippen LogP contribution in [0.15, 0.2) is 42.6 Å². The van der Waals surface area contributed by atoms with Crippen molar-refractivity contribution in [2.24, 2.45) is 0 Å². The maximum Gasteiger partial charge on any atom is 0.321 e. The Kier molecular flexibility index (Phi) is 5.82. The van der Waals surface area contributed by atoms with E-state index in [4.69, 9.17) is 16.3 Å². The van der Waals surface area contributed by atoms with Gasteiger partial charge in [-0.15, -0.1) is 0 Å². The van der Waals surface area contributed by atoms with E-state index in [9.17, 15) is 4.79 Å². The first kappa shape index (κ1) is 17.1. The zero-order valence-corrected chi connectivity index (χ0v) is 14.2. The first-order valence-corrected chi connectivity index (χ1v) is 7.71. The van der Waals surface area contributed by atoms with Gasteiger partial charge in [0.15, 0.2) is 0 Å². The maximum absolute atomic E-state index is 11.9. The molecular weight excluding hydrogens is 314 g/mol. The van der Waals surface area contributed by atoms with E-state index in [-0.39, 0.29) is 12.1 Å². The van der Waals surface area contributed by atoms with Crippen molar-refractivity contribution >= 4 is 23.3 Å². The quantitative estimate of drug-likeness (QED) is 0.903. The van der Waals surface area contributed by atoms with Crippen molar-refractivity contribution in [3.8, 4) is 5.75 Å². The number of carbonyl (C=O) groups excluding carboxylic acids is 1. The molecule has 2 amide bonds. The Morgan fingerprint density at radius 2 is 1.96 bits per heavy atom. The van der Waals surface area contributed by atoms with Crippen LogP contribution in [0.5, 0.6) is 5.75 Å². The minimum Gasteiger partial charge on any atom is -0.487 e. The van der Waals surface area contributed by atoms with Gasteiger partial charge in [-0.1, -0.05) is 11.6 Å². The number of aromatic nitrogens is 1. The van der Waals surface area contributed by atoms with E-state index in [1.165, 1.54) is 0 Å². The summed E-state index contributed by atoms with van der Waals surface area (Å²) < 4.78 is 5.67. The molecule has 0 spiro atoms. The Labute approximate surface area is 141 Å². The van der Waals surface area contributed by atoms with E-state index in [0.717, 1.165) is 11.4 Å². The van der Waals surface area contributed by atoms with Crippen LogP contribution < -0.4 is 15.0 Å². The Bertz CT molecular complexity index is 642. The number of carbonyl (C=O) groups is 1. The second-order valence-electron chi connectivity index (χ2n) is 5.41. The number of pyridine rings is 1. The average Bonchev–Trinajstić information content (AvgIpc) is 2.53. The molecule has 0 aliphatic heterocycles. The van der Waals surface area contributed by atoms with Gasteiger partial charge >= 0.3 is 6.03 Å². The first-order chi connectivity index (χ1) is 11.0. The van der Waals surface area contributed by atoms with Crippen LogP contribution in [0, 0.1) is 0 Å². The molecule has 0 aliphatic rings. The van der Waals surface area contributed by atoms with Gasteiger partial charge in [-0.3, -0.25) is 9.88 Å². The summed E-state index contributed by atoms with van der Waals surface area (Å²) >= 11 is 5.79. The fourth-order valence-corrected chi connectivity index (χ4v) is 1.99. The highest BCUT2D eigenvalue weighted by Crippen LogP contribution is 2.19. The molecule has 0 saturated carbocycles. The van der Waals surface area contributed by atoms with Gasteiger partial charge in [0.1, 0.15) is 12.4 Å². The van der Waals surface area contributed by atoms with E-state index < -0.39 is 0 Å². The van der Waals surface area contributed by atoms with Crippen molar-refractivity contribution < 1.29 is 9.53 Å². The fraction of sp³-hybridized carbons (Fsp3) is 0.294. The van der Waals surface area contributed by atoms with Gasteiger partial charge in [0.05, 0.1) is 10.7 Å². The third kappa shape index (κ3) is 5.14. The normalized spacial score (nSPS) is 10.5. The second-order valence-corrected chi connectivity index (χ2v) is 5.85. The predicted molar refractivity (Wildman–Crippen MR) is 92.1 cm³/mol. The number of nitrogens with zero attached hydrogens (tertiary/aromatic N) is 2. The lowest BCUT2D eigenvalue weighted by atomic mass is 10.3. The molecule has 0 unspecified atom stereocenters. The topological polar surface area (TPSA) is 54.5 Å². The van der Waals surface area contributed by atoms with Crippen LogP contribution in [0.2, 0.25) is 5.02 Å². The van der Waals surface area contributed by atoms with Gasteiger partial charge < -0.3 is 10.1 Å². The van der Waals surface area contributed by atoms with E-state index >= 15 is 0 Å². The number of hydrogen-bond donors (Lipinski definition) is 1. The summed E-state index contributed by atoms with van der Waals surface area (Å²) in [6.45, 7) is 4.21. The minimum absolute atomic E-state index is 0.0967. The highest BCUT2D eigenvalue weighted by atomic mass is 35.5. The summed E-state index contributed by atoms with van der Waals surface area (Å²) in [5, 5.41) is 3.44. The first-order valence-electron chi connectivity index (χ1n) is 7.33. The predicted octanol–water partition coefficient (Wildman–Crippen LogP) is 3.87. The number of urea groups is 1. The van der Waals surface area contributed by atoms with E-state index in [0.29, 0.717) is 17.4 Å². The molecular formula is C17H20ClN3O2. The van der Waals surface area contributed by atoms with Crippen LogP contribution in [-0.2, 0) is 6.61 Å². The molecule has 2 aromatic rings. The van der Waals surface area contributed by atoms with E-state index in [1.54, 1.807) is 24.2 Å². The summed E-state index contributed by atoms with van der Waals surface area (Å²) in [7, 11) is 1.73. The molecule has 1 aromatic carbocycles. The maximum atomic E-state index is 11.9. The van der Waals surface area contributed by atoms with Crippen LogP contribution in [-0.4, -0.2) is 24.1 Å². The van der Waals surface area contributed by atoms with Crippen molar-refractivity contribution in [2.75, 3.05) is 11.9 Å². The number of amides is 2. The van der Waals surface area contributed by atoms with Gasteiger partial charge in [-0.05, 0) is 50.2 Å². The zero-order chi connectivity index (χ0) is 16.8. The zero-order valence-electron chi connectivity index (χ0n) is 13.4. The van der Waals surface area contributed by atoms with Gasteiger partial charge in [0.2, 0.25) is 0 Å². The van der Waals surface area contributed by atoms with Crippen molar-refractivity contribution in [3.05, 3.63) is 53.3 Å². The minimum atomic E-state index is -0.140. The Morgan fingerprint density at radius 3 is 2.52 bits per heavy atom. The van der Waals surface area contributed by atoms with Crippen LogP contribution in [0.1, 0.15) is 19.5 Å². The SMILES string of the molecule is CC(C)NC(=O)N(C)c1ccc(OCc2ccc(Cl)cn2)cc1. The summed E-state index contributed by atoms with van der Waals surface area (Å²) in [5.74, 6) is 0.711. The lowest BCUT2D eigenvalue weighted by molar-refractivity contribution is 0.245. The monoisotopic (exact) mass is 333 g/mol.